The number of hydrogen-bond donors (Lipinski definition) is 3. The van der Waals surface area contributed by atoms with Gasteiger partial charge in [0.05, 0.1) is 34.1 Å². The van der Waals surface area contributed by atoms with Gasteiger partial charge in [-0.05, 0) is 25.1 Å². The van der Waals surface area contributed by atoms with Gasteiger partial charge in [0.1, 0.15) is 5.69 Å². The van der Waals surface area contributed by atoms with Gasteiger partial charge in [0.2, 0.25) is 0 Å². The van der Waals surface area contributed by atoms with Crippen molar-refractivity contribution in [2.75, 3.05) is 43.5 Å². The summed E-state index contributed by atoms with van der Waals surface area (Å²) in [6, 6.07) is 5.02. The van der Waals surface area contributed by atoms with Crippen molar-refractivity contribution in [1.29, 1.82) is 0 Å². The molecular formula is C18H20Cl2N4O3. The Bertz CT molecular complexity index is 876. The van der Waals surface area contributed by atoms with E-state index in [1.165, 1.54) is 7.11 Å². The number of nitrogens with one attached hydrogen (secondary N) is 3. The quantitative estimate of drug-likeness (QED) is 0.674. The Kier molecular flexibility index (Phi) is 5.94. The van der Waals surface area contributed by atoms with E-state index in [9.17, 15) is 9.59 Å². The standard InChI is InChI=1S/C18H20Cl2N4O3/c1-10-14(19)15(20)16(22-10)17(25)23-12-4-3-11(18(26)27-2)9-13(12)24-7-5-21-6-8-24/h3-4,9,21-22H,5-8H2,1-2H3,(H,23,25). The molecule has 3 N–H and O–H groups in total. The minimum Gasteiger partial charge on any atom is -0.465 e. The lowest BCUT2D eigenvalue weighted by Crippen LogP contribution is -2.43. The summed E-state index contributed by atoms with van der Waals surface area (Å²) in [4.78, 5) is 29.6. The van der Waals surface area contributed by atoms with Crippen molar-refractivity contribution in [1.82, 2.24) is 10.3 Å². The van der Waals surface area contributed by atoms with Crippen LogP contribution in [0.2, 0.25) is 10.0 Å². The van der Waals surface area contributed by atoms with Crippen LogP contribution in [0.4, 0.5) is 11.4 Å². The maximum atomic E-state index is 12.7. The molecule has 7 nitrogen and oxygen atoms in total. The van der Waals surface area contributed by atoms with E-state index in [0.29, 0.717) is 22.0 Å². The van der Waals surface area contributed by atoms with Gasteiger partial charge in [0, 0.05) is 31.9 Å². The van der Waals surface area contributed by atoms with Gasteiger partial charge in [-0.1, -0.05) is 23.2 Å². The van der Waals surface area contributed by atoms with Crippen LogP contribution in [0.3, 0.4) is 0 Å². The Balaban J connectivity index is 1.94. The second-order valence-electron chi connectivity index (χ2n) is 6.17. The van der Waals surface area contributed by atoms with E-state index in [0.717, 1.165) is 31.9 Å². The van der Waals surface area contributed by atoms with Crippen LogP contribution < -0.4 is 15.5 Å². The summed E-state index contributed by atoms with van der Waals surface area (Å²) >= 11 is 12.2. The van der Waals surface area contributed by atoms with Gasteiger partial charge in [-0.25, -0.2) is 4.79 Å². The van der Waals surface area contributed by atoms with Gasteiger partial charge in [-0.2, -0.15) is 0 Å². The van der Waals surface area contributed by atoms with Gasteiger partial charge < -0.3 is 25.3 Å². The van der Waals surface area contributed by atoms with E-state index in [4.69, 9.17) is 27.9 Å². The average Bonchev–Trinajstić information content (AvgIpc) is 2.95. The van der Waals surface area contributed by atoms with Gasteiger partial charge >= 0.3 is 5.97 Å². The molecule has 0 unspecified atom stereocenters. The lowest BCUT2D eigenvalue weighted by atomic mass is 10.1. The SMILES string of the molecule is COC(=O)c1ccc(NC(=O)c2[nH]c(C)c(Cl)c2Cl)c(N2CCNCC2)c1. The third-order valence-electron chi connectivity index (χ3n) is 4.41. The van der Waals surface area contributed by atoms with Crippen LogP contribution in [-0.2, 0) is 4.74 Å². The number of anilines is 2. The third kappa shape index (κ3) is 4.05. The number of rotatable bonds is 4. The molecule has 1 aromatic carbocycles. The summed E-state index contributed by atoms with van der Waals surface area (Å²) in [5.74, 6) is -0.837. The minimum absolute atomic E-state index is 0.182. The molecule has 27 heavy (non-hydrogen) atoms. The van der Waals surface area contributed by atoms with Crippen molar-refractivity contribution in [3.63, 3.8) is 0 Å². The molecule has 2 aromatic rings. The van der Waals surface area contributed by atoms with Gasteiger partial charge in [0.25, 0.3) is 5.91 Å². The molecule has 0 spiro atoms. The van der Waals surface area contributed by atoms with Crippen LogP contribution in [-0.4, -0.2) is 50.1 Å². The van der Waals surface area contributed by atoms with E-state index in [1.807, 2.05) is 0 Å². The van der Waals surface area contributed by atoms with Gasteiger partial charge in [0.15, 0.2) is 0 Å². The van der Waals surface area contributed by atoms with Crippen molar-refractivity contribution < 1.29 is 14.3 Å². The minimum atomic E-state index is -0.431. The number of ether oxygens (including phenoxy) is 1. The van der Waals surface area contributed by atoms with Crippen LogP contribution in [0.25, 0.3) is 0 Å². The van der Waals surface area contributed by atoms with Crippen LogP contribution >= 0.6 is 23.2 Å². The average molecular weight is 411 g/mol. The van der Waals surface area contributed by atoms with Crippen molar-refractivity contribution in [3.05, 3.63) is 45.2 Å². The van der Waals surface area contributed by atoms with Crippen molar-refractivity contribution >= 4 is 46.5 Å². The Morgan fingerprint density at radius 3 is 2.48 bits per heavy atom. The zero-order chi connectivity index (χ0) is 19.6. The Labute approximate surface area is 167 Å². The number of carbonyl (C=O) groups excluding carboxylic acids is 2. The van der Waals surface area contributed by atoms with Gasteiger partial charge in [-0.15, -0.1) is 0 Å². The molecule has 1 aliphatic rings. The van der Waals surface area contributed by atoms with E-state index >= 15 is 0 Å². The summed E-state index contributed by atoms with van der Waals surface area (Å²) < 4.78 is 4.81. The monoisotopic (exact) mass is 410 g/mol. The number of piperazine rings is 1. The molecule has 1 saturated heterocycles. The molecule has 1 fully saturated rings. The first-order chi connectivity index (χ1) is 12.9. The normalized spacial score (nSPS) is 14.1. The van der Waals surface area contributed by atoms with Crippen LogP contribution in [0.5, 0.6) is 0 Å². The number of nitrogens with zero attached hydrogens (tertiary/aromatic N) is 1. The smallest absolute Gasteiger partial charge is 0.337 e. The Morgan fingerprint density at radius 1 is 1.19 bits per heavy atom. The molecule has 0 radical (unpaired) electrons. The summed E-state index contributed by atoms with van der Waals surface area (Å²) in [5, 5.41) is 6.65. The highest BCUT2D eigenvalue weighted by Crippen LogP contribution is 2.32. The first-order valence-corrected chi connectivity index (χ1v) is 9.21. The number of aromatic nitrogens is 1. The van der Waals surface area contributed by atoms with Crippen molar-refractivity contribution in [2.24, 2.45) is 0 Å². The maximum absolute atomic E-state index is 12.7. The van der Waals surface area contributed by atoms with E-state index in [-0.39, 0.29) is 10.7 Å². The summed E-state index contributed by atoms with van der Waals surface area (Å²) in [7, 11) is 1.34. The molecule has 1 amide bonds. The molecule has 1 aliphatic heterocycles. The van der Waals surface area contributed by atoms with Crippen LogP contribution in [0.15, 0.2) is 18.2 Å². The Hall–Kier alpha value is -2.22. The fourth-order valence-corrected chi connectivity index (χ4v) is 3.38. The number of carbonyl (C=O) groups is 2. The molecule has 1 aromatic heterocycles. The maximum Gasteiger partial charge on any atom is 0.337 e. The predicted molar refractivity (Wildman–Crippen MR) is 106 cm³/mol. The number of aryl methyl sites for hydroxylation is 1. The number of amides is 1. The largest absolute Gasteiger partial charge is 0.465 e. The highest BCUT2D eigenvalue weighted by Gasteiger charge is 2.22. The molecule has 0 atom stereocenters. The molecule has 3 rings (SSSR count). The first-order valence-electron chi connectivity index (χ1n) is 8.45. The highest BCUT2D eigenvalue weighted by atomic mass is 35.5. The Morgan fingerprint density at radius 2 is 1.89 bits per heavy atom. The second-order valence-corrected chi connectivity index (χ2v) is 6.92. The topological polar surface area (TPSA) is 86.5 Å². The lowest BCUT2D eigenvalue weighted by Gasteiger charge is -2.31. The molecule has 2 heterocycles. The molecule has 0 aliphatic carbocycles. The third-order valence-corrected chi connectivity index (χ3v) is 5.35. The van der Waals surface area contributed by atoms with E-state index in [2.05, 4.69) is 20.5 Å². The fourth-order valence-electron chi connectivity index (χ4n) is 2.96. The van der Waals surface area contributed by atoms with Crippen molar-refractivity contribution in [2.45, 2.75) is 6.92 Å². The molecule has 0 bridgehead atoms. The number of benzene rings is 1. The number of halogens is 2. The summed E-state index contributed by atoms with van der Waals surface area (Å²) in [6.45, 7) is 4.87. The molecule has 144 valence electrons. The number of hydrogen-bond acceptors (Lipinski definition) is 5. The summed E-state index contributed by atoms with van der Waals surface area (Å²) in [5.41, 5.74) is 2.56. The van der Waals surface area contributed by atoms with E-state index < -0.39 is 11.9 Å². The number of methoxy groups -OCH3 is 1. The van der Waals surface area contributed by atoms with Gasteiger partial charge in [-0.3, -0.25) is 4.79 Å². The molecule has 0 saturated carbocycles. The number of H-pyrrole nitrogens is 1. The number of esters is 1. The molecular weight excluding hydrogens is 391 g/mol. The zero-order valence-corrected chi connectivity index (χ0v) is 16.5. The highest BCUT2D eigenvalue weighted by molar-refractivity contribution is 6.44. The second kappa shape index (κ2) is 8.21. The first kappa shape index (κ1) is 19.5. The van der Waals surface area contributed by atoms with Crippen LogP contribution in [0, 0.1) is 6.92 Å². The zero-order valence-electron chi connectivity index (χ0n) is 15.0. The summed E-state index contributed by atoms with van der Waals surface area (Å²) in [6.07, 6.45) is 0. The lowest BCUT2D eigenvalue weighted by molar-refractivity contribution is 0.0600. The van der Waals surface area contributed by atoms with Crippen LogP contribution in [0.1, 0.15) is 26.5 Å². The fraction of sp³-hybridized carbons (Fsp3) is 0.333. The number of aromatic amines is 1. The van der Waals surface area contributed by atoms with Crippen molar-refractivity contribution in [3.8, 4) is 0 Å². The molecule has 9 heteroatoms. The van der Waals surface area contributed by atoms with E-state index in [1.54, 1.807) is 25.1 Å². The predicted octanol–water partition coefficient (Wildman–Crippen LogP) is 3.08.